The second kappa shape index (κ2) is 8.22. The van der Waals surface area contributed by atoms with E-state index in [1.165, 1.54) is 51.7 Å². The molecule has 0 unspecified atom stereocenters. The van der Waals surface area contributed by atoms with Crippen LogP contribution >= 0.6 is 0 Å². The minimum absolute atomic E-state index is 0.884. The first kappa shape index (κ1) is 13.5. The Morgan fingerprint density at radius 3 is 2.56 bits per heavy atom. The third kappa shape index (κ3) is 5.15. The number of pyridine rings is 1. The minimum Gasteiger partial charge on any atom is -0.310 e. The van der Waals surface area contributed by atoms with Gasteiger partial charge in [0.15, 0.2) is 0 Å². The molecule has 1 saturated heterocycles. The summed E-state index contributed by atoms with van der Waals surface area (Å²) >= 11 is 0. The molecule has 0 aromatic carbocycles. The summed E-state index contributed by atoms with van der Waals surface area (Å²) in [5.74, 6) is 0. The van der Waals surface area contributed by atoms with E-state index in [1.54, 1.807) is 0 Å². The largest absolute Gasteiger partial charge is 0.310 e. The van der Waals surface area contributed by atoms with Gasteiger partial charge in [0.25, 0.3) is 0 Å². The van der Waals surface area contributed by atoms with Gasteiger partial charge in [-0.2, -0.15) is 0 Å². The maximum Gasteiger partial charge on any atom is 0.0541 e. The first-order chi connectivity index (χ1) is 8.95. The summed E-state index contributed by atoms with van der Waals surface area (Å²) in [6, 6.07) is 6.08. The van der Waals surface area contributed by atoms with Crippen molar-refractivity contribution >= 4 is 0 Å². The normalized spacial score (nSPS) is 18.2. The van der Waals surface area contributed by atoms with Crippen molar-refractivity contribution in [1.29, 1.82) is 0 Å². The van der Waals surface area contributed by atoms with Crippen molar-refractivity contribution in [2.75, 3.05) is 26.2 Å². The van der Waals surface area contributed by atoms with E-state index in [0.717, 1.165) is 18.8 Å². The average Bonchev–Trinajstić information content (AvgIpc) is 2.38. The summed E-state index contributed by atoms with van der Waals surface area (Å²) in [5.41, 5.74) is 1.13. The molecule has 1 aliphatic heterocycles. The highest BCUT2D eigenvalue weighted by atomic mass is 15.1. The molecule has 1 N–H and O–H groups in total. The predicted molar refractivity (Wildman–Crippen MR) is 75.5 cm³/mol. The second-order valence-corrected chi connectivity index (χ2v) is 5.11. The van der Waals surface area contributed by atoms with Crippen LogP contribution in [-0.4, -0.2) is 36.1 Å². The van der Waals surface area contributed by atoms with E-state index in [2.05, 4.69) is 21.3 Å². The highest BCUT2D eigenvalue weighted by molar-refractivity contribution is 5.02. The van der Waals surface area contributed by atoms with Crippen molar-refractivity contribution in [1.82, 2.24) is 15.2 Å². The molecule has 0 bridgehead atoms. The second-order valence-electron chi connectivity index (χ2n) is 5.11. The summed E-state index contributed by atoms with van der Waals surface area (Å²) < 4.78 is 0. The summed E-state index contributed by atoms with van der Waals surface area (Å²) in [5, 5.41) is 3.48. The van der Waals surface area contributed by atoms with E-state index in [9.17, 15) is 0 Å². The van der Waals surface area contributed by atoms with Crippen molar-refractivity contribution in [3.63, 3.8) is 0 Å². The Bertz CT molecular complexity index is 305. The van der Waals surface area contributed by atoms with Gasteiger partial charge in [0.1, 0.15) is 0 Å². The Hall–Kier alpha value is -0.930. The Morgan fingerprint density at radius 1 is 1.06 bits per heavy atom. The number of nitrogens with one attached hydrogen (secondary N) is 1. The fourth-order valence-corrected chi connectivity index (χ4v) is 2.49. The molecule has 18 heavy (non-hydrogen) atoms. The number of nitrogens with zero attached hydrogens (tertiary/aromatic N) is 2. The van der Waals surface area contributed by atoms with E-state index in [-0.39, 0.29) is 0 Å². The highest BCUT2D eigenvalue weighted by Crippen LogP contribution is 2.09. The molecule has 0 radical (unpaired) electrons. The molecule has 3 heteroatoms. The van der Waals surface area contributed by atoms with Gasteiger partial charge in [-0.3, -0.25) is 4.98 Å². The molecule has 1 fully saturated rings. The van der Waals surface area contributed by atoms with Crippen LogP contribution in [-0.2, 0) is 6.54 Å². The maximum atomic E-state index is 4.31. The van der Waals surface area contributed by atoms with Crippen molar-refractivity contribution < 1.29 is 0 Å². The average molecular weight is 247 g/mol. The van der Waals surface area contributed by atoms with Gasteiger partial charge in [-0.05, 0) is 38.1 Å². The third-order valence-electron chi connectivity index (χ3n) is 3.59. The SMILES string of the molecule is c1ccc(CNCCN2CCCCCCC2)nc1. The molecule has 0 aliphatic carbocycles. The van der Waals surface area contributed by atoms with E-state index < -0.39 is 0 Å². The lowest BCUT2D eigenvalue weighted by atomic mass is 10.1. The molecule has 2 heterocycles. The van der Waals surface area contributed by atoms with Gasteiger partial charge in [0, 0.05) is 25.8 Å². The van der Waals surface area contributed by atoms with Gasteiger partial charge in [-0.1, -0.05) is 25.3 Å². The van der Waals surface area contributed by atoms with Gasteiger partial charge in [0.2, 0.25) is 0 Å². The molecule has 0 spiro atoms. The number of hydrogen-bond acceptors (Lipinski definition) is 3. The Morgan fingerprint density at radius 2 is 1.83 bits per heavy atom. The Kier molecular flexibility index (Phi) is 6.17. The molecular formula is C15H25N3. The standard InChI is InChI=1S/C15H25N3/c1-2-6-11-18(12-7-3-1)13-10-16-14-15-8-4-5-9-17-15/h4-5,8-9,16H,1-3,6-7,10-14H2. The first-order valence-electron chi connectivity index (χ1n) is 7.28. The van der Waals surface area contributed by atoms with Crippen LogP contribution in [0.15, 0.2) is 24.4 Å². The Balaban J connectivity index is 1.59. The minimum atomic E-state index is 0.884. The molecular weight excluding hydrogens is 222 g/mol. The zero-order valence-electron chi connectivity index (χ0n) is 11.3. The van der Waals surface area contributed by atoms with E-state index in [1.807, 2.05) is 18.3 Å². The van der Waals surface area contributed by atoms with Crippen LogP contribution in [0.5, 0.6) is 0 Å². The van der Waals surface area contributed by atoms with Crippen molar-refractivity contribution in [3.05, 3.63) is 30.1 Å². The lowest BCUT2D eigenvalue weighted by molar-refractivity contribution is 0.247. The molecule has 1 aromatic heterocycles. The maximum absolute atomic E-state index is 4.31. The molecule has 0 saturated carbocycles. The van der Waals surface area contributed by atoms with Gasteiger partial charge in [-0.25, -0.2) is 0 Å². The van der Waals surface area contributed by atoms with Crippen LogP contribution in [0.3, 0.4) is 0 Å². The van der Waals surface area contributed by atoms with Crippen LogP contribution < -0.4 is 5.32 Å². The summed E-state index contributed by atoms with van der Waals surface area (Å²) in [4.78, 5) is 6.92. The van der Waals surface area contributed by atoms with E-state index in [0.29, 0.717) is 0 Å². The first-order valence-corrected chi connectivity index (χ1v) is 7.28. The number of rotatable bonds is 5. The lowest BCUT2D eigenvalue weighted by Crippen LogP contribution is -2.34. The van der Waals surface area contributed by atoms with Crippen molar-refractivity contribution in [3.8, 4) is 0 Å². The third-order valence-corrected chi connectivity index (χ3v) is 3.59. The fourth-order valence-electron chi connectivity index (χ4n) is 2.49. The van der Waals surface area contributed by atoms with Crippen molar-refractivity contribution in [2.45, 2.75) is 38.6 Å². The van der Waals surface area contributed by atoms with Gasteiger partial charge in [0.05, 0.1) is 5.69 Å². The van der Waals surface area contributed by atoms with E-state index >= 15 is 0 Å². The molecule has 100 valence electrons. The zero-order valence-corrected chi connectivity index (χ0v) is 11.3. The molecule has 1 aromatic rings. The van der Waals surface area contributed by atoms with Gasteiger partial charge >= 0.3 is 0 Å². The summed E-state index contributed by atoms with van der Waals surface area (Å²) in [6.45, 7) is 5.69. The molecule has 2 rings (SSSR count). The topological polar surface area (TPSA) is 28.2 Å². The van der Waals surface area contributed by atoms with Crippen LogP contribution in [0.25, 0.3) is 0 Å². The highest BCUT2D eigenvalue weighted by Gasteiger charge is 2.07. The van der Waals surface area contributed by atoms with Crippen LogP contribution in [0.4, 0.5) is 0 Å². The summed E-state index contributed by atoms with van der Waals surface area (Å²) in [6.07, 6.45) is 8.87. The van der Waals surface area contributed by atoms with Crippen LogP contribution in [0.2, 0.25) is 0 Å². The van der Waals surface area contributed by atoms with Crippen LogP contribution in [0.1, 0.15) is 37.8 Å². The number of aromatic nitrogens is 1. The van der Waals surface area contributed by atoms with Gasteiger partial charge < -0.3 is 10.2 Å². The quantitative estimate of drug-likeness (QED) is 0.810. The smallest absolute Gasteiger partial charge is 0.0541 e. The number of hydrogen-bond donors (Lipinski definition) is 1. The predicted octanol–water partition coefficient (Wildman–Crippen LogP) is 2.44. The molecule has 3 nitrogen and oxygen atoms in total. The van der Waals surface area contributed by atoms with E-state index in [4.69, 9.17) is 0 Å². The molecule has 1 aliphatic rings. The zero-order chi connectivity index (χ0) is 12.5. The lowest BCUT2D eigenvalue weighted by Gasteiger charge is -2.24. The molecule has 0 amide bonds. The molecule has 0 atom stereocenters. The Labute approximate surface area is 111 Å². The fraction of sp³-hybridized carbons (Fsp3) is 0.667. The van der Waals surface area contributed by atoms with Gasteiger partial charge in [-0.15, -0.1) is 0 Å². The summed E-state index contributed by atoms with van der Waals surface area (Å²) in [7, 11) is 0. The number of likely N-dealkylation sites (tertiary alicyclic amines) is 1. The van der Waals surface area contributed by atoms with Crippen molar-refractivity contribution in [2.24, 2.45) is 0 Å². The monoisotopic (exact) mass is 247 g/mol. The van der Waals surface area contributed by atoms with Crippen LogP contribution in [0, 0.1) is 0 Å².